The number of nitrogens with one attached hydrogen (secondary N) is 2. The molecule has 2 heterocycles. The van der Waals surface area contributed by atoms with Crippen molar-refractivity contribution >= 4 is 16.5 Å². The molecule has 0 radical (unpaired) electrons. The van der Waals surface area contributed by atoms with Gasteiger partial charge in [0, 0.05) is 24.2 Å². The third kappa shape index (κ3) is 4.22. The molecule has 6 nitrogen and oxygen atoms in total. The molecule has 1 aromatic heterocycles. The minimum atomic E-state index is -0.158. The Bertz CT molecular complexity index is 1390. The first-order chi connectivity index (χ1) is 16.4. The van der Waals surface area contributed by atoms with E-state index in [0.29, 0.717) is 5.39 Å². The molecule has 0 aliphatic carbocycles. The van der Waals surface area contributed by atoms with Crippen molar-refractivity contribution in [1.82, 2.24) is 20.0 Å². The summed E-state index contributed by atoms with van der Waals surface area (Å²) in [6.45, 7) is 1.74. The predicted octanol–water partition coefficient (Wildman–Crippen LogP) is 4.35. The Balaban J connectivity index is 1.70. The van der Waals surface area contributed by atoms with Crippen molar-refractivity contribution in [2.75, 3.05) is 33.5 Å². The fourth-order valence-corrected chi connectivity index (χ4v) is 5.12. The number of H-pyrrole nitrogens is 1. The predicted molar refractivity (Wildman–Crippen MR) is 138 cm³/mol. The lowest BCUT2D eigenvalue weighted by Crippen LogP contribution is -2.28. The summed E-state index contributed by atoms with van der Waals surface area (Å²) in [6, 6.07) is 23.3. The van der Waals surface area contributed by atoms with E-state index in [1.165, 1.54) is 22.3 Å². The van der Waals surface area contributed by atoms with Gasteiger partial charge in [0.25, 0.3) is 5.56 Å². The Morgan fingerprint density at radius 2 is 1.44 bits per heavy atom. The number of hydrogen-bond acceptors (Lipinski definition) is 5. The van der Waals surface area contributed by atoms with Gasteiger partial charge in [-0.2, -0.15) is 5.10 Å². The molecule has 3 aromatic carbocycles. The molecule has 1 aliphatic rings. The molecular formula is C28H31N5O. The second-order valence-corrected chi connectivity index (χ2v) is 9.73. The van der Waals surface area contributed by atoms with E-state index in [1.807, 2.05) is 18.2 Å². The Hall–Kier alpha value is -3.48. The van der Waals surface area contributed by atoms with Crippen molar-refractivity contribution in [3.05, 3.63) is 105 Å². The highest BCUT2D eigenvalue weighted by Crippen LogP contribution is 2.46. The lowest BCUT2D eigenvalue weighted by molar-refractivity contribution is 0.402. The maximum absolute atomic E-state index is 12.6. The SMILES string of the molecule is CN(C)Cc1cccc(C2Nc3cccc4c(=O)[nH]nc(c34)C2c2cccc(CN(C)C)c2)c1. The second kappa shape index (κ2) is 9.05. The van der Waals surface area contributed by atoms with Crippen LogP contribution >= 0.6 is 0 Å². The lowest BCUT2D eigenvalue weighted by Gasteiger charge is -2.35. The van der Waals surface area contributed by atoms with E-state index >= 15 is 0 Å². The van der Waals surface area contributed by atoms with E-state index in [1.54, 1.807) is 0 Å². The third-order valence-corrected chi connectivity index (χ3v) is 6.40. The Morgan fingerprint density at radius 3 is 2.12 bits per heavy atom. The second-order valence-electron chi connectivity index (χ2n) is 9.73. The summed E-state index contributed by atoms with van der Waals surface area (Å²) < 4.78 is 0. The van der Waals surface area contributed by atoms with Gasteiger partial charge in [0.05, 0.1) is 23.0 Å². The molecule has 4 aromatic rings. The molecule has 0 amide bonds. The van der Waals surface area contributed by atoms with Crippen LogP contribution in [0.3, 0.4) is 0 Å². The number of hydrogen-bond donors (Lipinski definition) is 2. The quantitative estimate of drug-likeness (QED) is 0.455. The van der Waals surface area contributed by atoms with Gasteiger partial charge in [-0.3, -0.25) is 4.79 Å². The number of aromatic amines is 1. The van der Waals surface area contributed by atoms with Gasteiger partial charge in [0.15, 0.2) is 0 Å². The van der Waals surface area contributed by atoms with Crippen molar-refractivity contribution < 1.29 is 0 Å². The molecule has 5 rings (SSSR count). The first-order valence-corrected chi connectivity index (χ1v) is 11.7. The average molecular weight is 454 g/mol. The molecule has 0 bridgehead atoms. The van der Waals surface area contributed by atoms with Crippen molar-refractivity contribution in [3.63, 3.8) is 0 Å². The zero-order valence-corrected chi connectivity index (χ0v) is 20.2. The number of anilines is 1. The van der Waals surface area contributed by atoms with Crippen LogP contribution in [0.4, 0.5) is 5.69 Å². The van der Waals surface area contributed by atoms with Gasteiger partial charge in [-0.1, -0.05) is 54.6 Å². The summed E-state index contributed by atoms with van der Waals surface area (Å²) in [6.07, 6.45) is 0. The fraction of sp³-hybridized carbons (Fsp3) is 0.286. The van der Waals surface area contributed by atoms with Crippen molar-refractivity contribution in [2.24, 2.45) is 0 Å². The van der Waals surface area contributed by atoms with Crippen LogP contribution in [0.25, 0.3) is 10.8 Å². The molecule has 0 saturated heterocycles. The molecule has 174 valence electrons. The first kappa shape index (κ1) is 22.3. The molecule has 6 heteroatoms. The van der Waals surface area contributed by atoms with Crippen LogP contribution in [-0.2, 0) is 13.1 Å². The van der Waals surface area contributed by atoms with E-state index < -0.39 is 0 Å². The molecule has 0 spiro atoms. The molecular weight excluding hydrogens is 422 g/mol. The minimum absolute atomic E-state index is 0.0202. The molecule has 2 N–H and O–H groups in total. The maximum atomic E-state index is 12.6. The molecule has 1 aliphatic heterocycles. The summed E-state index contributed by atoms with van der Waals surface area (Å²) in [5, 5.41) is 12.8. The monoisotopic (exact) mass is 453 g/mol. The van der Waals surface area contributed by atoms with Crippen molar-refractivity contribution in [1.29, 1.82) is 0 Å². The molecule has 0 saturated carbocycles. The third-order valence-electron chi connectivity index (χ3n) is 6.40. The first-order valence-electron chi connectivity index (χ1n) is 11.7. The highest BCUT2D eigenvalue weighted by Gasteiger charge is 2.35. The van der Waals surface area contributed by atoms with Crippen molar-refractivity contribution in [3.8, 4) is 0 Å². The van der Waals surface area contributed by atoms with Crippen molar-refractivity contribution in [2.45, 2.75) is 25.0 Å². The van der Waals surface area contributed by atoms with E-state index in [-0.39, 0.29) is 17.5 Å². The maximum Gasteiger partial charge on any atom is 0.272 e. The summed E-state index contributed by atoms with van der Waals surface area (Å²) in [4.78, 5) is 16.9. The van der Waals surface area contributed by atoms with E-state index in [2.05, 4.69) is 102 Å². The summed E-state index contributed by atoms with van der Waals surface area (Å²) in [7, 11) is 8.33. The van der Waals surface area contributed by atoms with Crippen LogP contribution < -0.4 is 10.9 Å². The number of rotatable bonds is 6. The lowest BCUT2D eigenvalue weighted by atomic mass is 9.79. The van der Waals surface area contributed by atoms with Crippen LogP contribution in [0, 0.1) is 0 Å². The fourth-order valence-electron chi connectivity index (χ4n) is 5.12. The Labute approximate surface area is 200 Å². The summed E-state index contributed by atoms with van der Waals surface area (Å²) >= 11 is 0. The zero-order chi connectivity index (χ0) is 23.8. The highest BCUT2D eigenvalue weighted by molar-refractivity contribution is 5.97. The van der Waals surface area contributed by atoms with Crippen LogP contribution in [0.2, 0.25) is 0 Å². The largest absolute Gasteiger partial charge is 0.377 e. The van der Waals surface area contributed by atoms with Crippen LogP contribution in [-0.4, -0.2) is 48.2 Å². The smallest absolute Gasteiger partial charge is 0.272 e. The van der Waals surface area contributed by atoms with Gasteiger partial charge in [-0.15, -0.1) is 0 Å². The topological polar surface area (TPSA) is 64.3 Å². The molecule has 34 heavy (non-hydrogen) atoms. The van der Waals surface area contributed by atoms with E-state index in [4.69, 9.17) is 0 Å². The van der Waals surface area contributed by atoms with Gasteiger partial charge in [-0.05, 0) is 62.6 Å². The van der Waals surface area contributed by atoms with Gasteiger partial charge in [0.2, 0.25) is 0 Å². The van der Waals surface area contributed by atoms with Gasteiger partial charge >= 0.3 is 0 Å². The molecule has 2 atom stereocenters. The molecule has 2 unspecified atom stereocenters. The Morgan fingerprint density at radius 1 is 0.824 bits per heavy atom. The molecule has 0 fully saturated rings. The number of nitrogens with zero attached hydrogens (tertiary/aromatic N) is 3. The average Bonchev–Trinajstić information content (AvgIpc) is 2.80. The number of aromatic nitrogens is 2. The van der Waals surface area contributed by atoms with Gasteiger partial charge in [-0.25, -0.2) is 5.10 Å². The van der Waals surface area contributed by atoms with E-state index in [0.717, 1.165) is 29.9 Å². The highest BCUT2D eigenvalue weighted by atomic mass is 16.1. The van der Waals surface area contributed by atoms with E-state index in [9.17, 15) is 4.79 Å². The van der Waals surface area contributed by atoms with Gasteiger partial charge in [0.1, 0.15) is 0 Å². The van der Waals surface area contributed by atoms with Gasteiger partial charge < -0.3 is 15.1 Å². The summed E-state index contributed by atoms with van der Waals surface area (Å²) in [5.41, 5.74) is 6.62. The van der Waals surface area contributed by atoms with Crippen LogP contribution in [0.1, 0.15) is 39.9 Å². The summed E-state index contributed by atoms with van der Waals surface area (Å²) in [5.74, 6) is -0.0500. The van der Waals surface area contributed by atoms with Crippen LogP contribution in [0.15, 0.2) is 71.5 Å². The van der Waals surface area contributed by atoms with Crippen LogP contribution in [0.5, 0.6) is 0 Å². The standard InChI is InChI=1S/C28H31N5O/c1-32(2)16-18-8-5-10-20(14-18)24-26(21-11-6-9-19(15-21)17-33(3)4)29-23-13-7-12-22-25(23)27(24)30-31-28(22)34/h5-15,24,26,29H,16-17H2,1-4H3,(H,31,34). The Kier molecular flexibility index (Phi) is 5.94. The number of benzene rings is 3. The zero-order valence-electron chi connectivity index (χ0n) is 20.2. The minimum Gasteiger partial charge on any atom is -0.377 e. The normalized spacial score (nSPS) is 17.4.